The molecular weight excluding hydrogens is 493 g/mol. The minimum atomic E-state index is -0.979. The number of carbonyl (C=O) groups excluding carboxylic acids is 2. The minimum absolute atomic E-state index is 0.0409. The first-order chi connectivity index (χ1) is 15.3. The number of rotatable bonds is 8. The molecule has 0 bridgehead atoms. The quantitative estimate of drug-likeness (QED) is 0.199. The van der Waals surface area contributed by atoms with Gasteiger partial charge in [0.15, 0.2) is 6.10 Å². The number of ether oxygens (including phenoxy) is 2. The topological polar surface area (TPSA) is 64.6 Å². The molecule has 0 saturated carbocycles. The fourth-order valence-electron chi connectivity index (χ4n) is 2.52. The lowest BCUT2D eigenvalue weighted by Gasteiger charge is -2.14. The van der Waals surface area contributed by atoms with Crippen LogP contribution >= 0.6 is 46.6 Å². The van der Waals surface area contributed by atoms with Crippen LogP contribution in [0.3, 0.4) is 0 Å². The highest BCUT2D eigenvalue weighted by molar-refractivity contribution is 8.00. The lowest BCUT2D eigenvalue weighted by atomic mass is 10.2. The van der Waals surface area contributed by atoms with E-state index in [1.165, 1.54) is 6.92 Å². The summed E-state index contributed by atoms with van der Waals surface area (Å²) in [5.74, 6) is 0.288. The number of para-hydroxylation sites is 1. The van der Waals surface area contributed by atoms with Crippen molar-refractivity contribution in [3.8, 4) is 11.5 Å². The van der Waals surface area contributed by atoms with E-state index >= 15 is 0 Å². The summed E-state index contributed by atoms with van der Waals surface area (Å²) in [7, 11) is 0. The molecular formula is C23H18Cl3NO4S. The smallest absolute Gasteiger partial charge is 0.317 e. The fraction of sp³-hybridized carbons (Fsp3) is 0.130. The molecule has 0 aliphatic rings. The molecule has 3 rings (SSSR count). The molecule has 5 nitrogen and oxygen atoms in total. The number of halogens is 3. The van der Waals surface area contributed by atoms with E-state index in [0.717, 1.165) is 11.8 Å². The number of benzene rings is 3. The van der Waals surface area contributed by atoms with Crippen LogP contribution in [-0.2, 0) is 14.3 Å². The Morgan fingerprint density at radius 1 is 0.906 bits per heavy atom. The summed E-state index contributed by atoms with van der Waals surface area (Å²) in [4.78, 5) is 25.1. The minimum Gasteiger partial charge on any atom is -0.457 e. The maximum absolute atomic E-state index is 12.4. The van der Waals surface area contributed by atoms with Gasteiger partial charge < -0.3 is 14.8 Å². The molecule has 9 heteroatoms. The molecule has 0 saturated heterocycles. The summed E-state index contributed by atoms with van der Waals surface area (Å²) in [5.41, 5.74) is 0.551. The van der Waals surface area contributed by atoms with E-state index in [1.807, 2.05) is 30.3 Å². The van der Waals surface area contributed by atoms with Gasteiger partial charge in [0.25, 0.3) is 5.91 Å². The van der Waals surface area contributed by atoms with Crippen molar-refractivity contribution in [3.05, 3.63) is 81.8 Å². The Kier molecular flexibility index (Phi) is 8.70. The number of nitrogens with one attached hydrogen (secondary N) is 1. The van der Waals surface area contributed by atoms with Crippen LogP contribution < -0.4 is 10.1 Å². The molecule has 166 valence electrons. The summed E-state index contributed by atoms with van der Waals surface area (Å²) in [6.45, 7) is 1.50. The summed E-state index contributed by atoms with van der Waals surface area (Å²) < 4.78 is 10.9. The molecule has 1 atom stereocenters. The van der Waals surface area contributed by atoms with Crippen molar-refractivity contribution in [1.29, 1.82) is 0 Å². The third-order valence-electron chi connectivity index (χ3n) is 4.12. The molecule has 0 spiro atoms. The predicted octanol–water partition coefficient (Wildman–Crippen LogP) is 7.10. The number of anilines is 1. The fourth-order valence-corrected chi connectivity index (χ4v) is 4.01. The first-order valence-electron chi connectivity index (χ1n) is 9.43. The second kappa shape index (κ2) is 11.5. The van der Waals surface area contributed by atoms with E-state index in [-0.39, 0.29) is 15.8 Å². The van der Waals surface area contributed by atoms with Crippen LogP contribution in [0.5, 0.6) is 11.5 Å². The molecule has 3 aromatic carbocycles. The number of esters is 1. The Labute approximate surface area is 205 Å². The number of carbonyl (C=O) groups is 2. The van der Waals surface area contributed by atoms with E-state index in [9.17, 15) is 9.59 Å². The summed E-state index contributed by atoms with van der Waals surface area (Å²) in [6.07, 6.45) is -0.979. The first-order valence-corrected chi connectivity index (χ1v) is 11.5. The van der Waals surface area contributed by atoms with E-state index < -0.39 is 18.0 Å². The lowest BCUT2D eigenvalue weighted by molar-refractivity contribution is -0.150. The van der Waals surface area contributed by atoms with Gasteiger partial charge in [-0.3, -0.25) is 9.59 Å². The molecule has 1 unspecified atom stereocenters. The Morgan fingerprint density at radius 3 is 2.25 bits per heavy atom. The van der Waals surface area contributed by atoms with Crippen LogP contribution in [0.25, 0.3) is 0 Å². The average molecular weight is 511 g/mol. The van der Waals surface area contributed by atoms with Gasteiger partial charge in [-0.25, -0.2) is 0 Å². The average Bonchev–Trinajstić information content (AvgIpc) is 2.79. The molecule has 32 heavy (non-hydrogen) atoms. The molecule has 0 fully saturated rings. The van der Waals surface area contributed by atoms with Gasteiger partial charge in [-0.2, -0.15) is 0 Å². The Morgan fingerprint density at radius 2 is 1.56 bits per heavy atom. The van der Waals surface area contributed by atoms with Gasteiger partial charge in [0.2, 0.25) is 0 Å². The highest BCUT2D eigenvalue weighted by atomic mass is 35.5. The maximum Gasteiger partial charge on any atom is 0.317 e. The SMILES string of the molecule is CC(OC(=O)CSc1ccc(Cl)c(Cl)c1Cl)C(=O)Nc1ccc(Oc2ccccc2)cc1. The zero-order valence-electron chi connectivity index (χ0n) is 16.8. The van der Waals surface area contributed by atoms with Gasteiger partial charge >= 0.3 is 5.97 Å². The monoisotopic (exact) mass is 509 g/mol. The number of hydrogen-bond donors (Lipinski definition) is 1. The van der Waals surface area contributed by atoms with Gasteiger partial charge in [-0.05, 0) is 55.5 Å². The van der Waals surface area contributed by atoms with Crippen LogP contribution in [-0.4, -0.2) is 23.7 Å². The van der Waals surface area contributed by atoms with Crippen molar-refractivity contribution >= 4 is 64.1 Å². The highest BCUT2D eigenvalue weighted by Crippen LogP contribution is 2.37. The summed E-state index contributed by atoms with van der Waals surface area (Å²) in [6, 6.07) is 19.5. The number of thioether (sulfide) groups is 1. The van der Waals surface area contributed by atoms with Crippen LogP contribution in [0.1, 0.15) is 6.92 Å². The summed E-state index contributed by atoms with van der Waals surface area (Å²) in [5, 5.41) is 3.52. The standard InChI is InChI=1S/C23H18Cl3NO4S/c1-14(30-20(28)13-32-19-12-11-18(24)21(25)22(19)26)23(29)27-15-7-9-17(10-8-15)31-16-5-3-2-4-6-16/h2-12,14H,13H2,1H3,(H,27,29). The van der Waals surface area contributed by atoms with Crippen LogP contribution in [0.2, 0.25) is 15.1 Å². The highest BCUT2D eigenvalue weighted by Gasteiger charge is 2.19. The third kappa shape index (κ3) is 6.81. The van der Waals surface area contributed by atoms with Crippen LogP contribution in [0, 0.1) is 0 Å². The molecule has 1 amide bonds. The predicted molar refractivity (Wildman–Crippen MR) is 129 cm³/mol. The molecule has 0 aliphatic heterocycles. The zero-order chi connectivity index (χ0) is 23.1. The Hall–Kier alpha value is -2.38. The van der Waals surface area contributed by atoms with E-state index in [0.29, 0.717) is 27.1 Å². The van der Waals surface area contributed by atoms with Crippen molar-refractivity contribution in [2.75, 3.05) is 11.1 Å². The van der Waals surface area contributed by atoms with Crippen molar-refractivity contribution in [1.82, 2.24) is 0 Å². The normalized spacial score (nSPS) is 11.5. The molecule has 0 heterocycles. The van der Waals surface area contributed by atoms with Gasteiger partial charge in [0.05, 0.1) is 20.8 Å². The van der Waals surface area contributed by atoms with Gasteiger partial charge in [-0.1, -0.05) is 53.0 Å². The Balaban J connectivity index is 1.48. The van der Waals surface area contributed by atoms with Crippen LogP contribution in [0.4, 0.5) is 5.69 Å². The number of hydrogen-bond acceptors (Lipinski definition) is 5. The van der Waals surface area contributed by atoms with Crippen molar-refractivity contribution in [3.63, 3.8) is 0 Å². The lowest BCUT2D eigenvalue weighted by Crippen LogP contribution is -2.30. The third-order valence-corrected chi connectivity index (χ3v) is 6.56. The van der Waals surface area contributed by atoms with E-state index in [2.05, 4.69) is 5.32 Å². The molecule has 0 radical (unpaired) electrons. The summed E-state index contributed by atoms with van der Waals surface area (Å²) >= 11 is 19.2. The van der Waals surface area contributed by atoms with Crippen molar-refractivity contribution in [2.45, 2.75) is 17.9 Å². The largest absolute Gasteiger partial charge is 0.457 e. The van der Waals surface area contributed by atoms with Gasteiger partial charge in [0, 0.05) is 10.6 Å². The van der Waals surface area contributed by atoms with Gasteiger partial charge in [0.1, 0.15) is 11.5 Å². The second-order valence-electron chi connectivity index (χ2n) is 6.52. The van der Waals surface area contributed by atoms with E-state index in [4.69, 9.17) is 44.3 Å². The van der Waals surface area contributed by atoms with Gasteiger partial charge in [-0.15, -0.1) is 11.8 Å². The van der Waals surface area contributed by atoms with Crippen molar-refractivity contribution in [2.24, 2.45) is 0 Å². The molecule has 0 aromatic heterocycles. The molecule has 3 aromatic rings. The maximum atomic E-state index is 12.4. The number of amides is 1. The van der Waals surface area contributed by atoms with Crippen LogP contribution in [0.15, 0.2) is 71.6 Å². The Bertz CT molecular complexity index is 1090. The van der Waals surface area contributed by atoms with Crippen molar-refractivity contribution < 1.29 is 19.1 Å². The second-order valence-corrected chi connectivity index (χ2v) is 8.70. The zero-order valence-corrected chi connectivity index (χ0v) is 19.9. The van der Waals surface area contributed by atoms with E-state index in [1.54, 1.807) is 36.4 Å². The first kappa shape index (κ1) is 24.3. The molecule has 1 N–H and O–H groups in total. The molecule has 0 aliphatic carbocycles.